The number of nitro benzene ring substituents is 1. The van der Waals surface area contributed by atoms with E-state index in [2.05, 4.69) is 20.3 Å². The number of aliphatic imine (C=N–C) groups is 1. The van der Waals surface area contributed by atoms with Gasteiger partial charge in [0.1, 0.15) is 0 Å². The smallest absolute Gasteiger partial charge is 0.278 e. The van der Waals surface area contributed by atoms with Gasteiger partial charge in [-0.15, -0.1) is 0 Å². The molecule has 9 heteroatoms. The largest absolute Gasteiger partial charge is 0.370 e. The van der Waals surface area contributed by atoms with Crippen LogP contribution in [0, 0.1) is 10.1 Å². The van der Waals surface area contributed by atoms with Crippen LogP contribution >= 0.6 is 11.6 Å². The number of rotatable bonds is 3. The van der Waals surface area contributed by atoms with Crippen LogP contribution in [0.4, 0.5) is 11.6 Å². The van der Waals surface area contributed by atoms with Crippen molar-refractivity contribution in [3.05, 3.63) is 57.6 Å². The second-order valence-electron chi connectivity index (χ2n) is 5.07. The molecule has 0 aliphatic heterocycles. The molecule has 0 aliphatic rings. The van der Waals surface area contributed by atoms with Crippen LogP contribution in [0.1, 0.15) is 0 Å². The molecule has 0 saturated carbocycles. The normalized spacial score (nSPS) is 11.5. The Morgan fingerprint density at radius 3 is 2.76 bits per heavy atom. The molecule has 0 saturated heterocycles. The molecule has 0 spiro atoms. The van der Waals surface area contributed by atoms with Gasteiger partial charge < -0.3 is 5.73 Å². The highest BCUT2D eigenvalue weighted by molar-refractivity contribution is 6.31. The van der Waals surface area contributed by atoms with Crippen molar-refractivity contribution in [2.24, 2.45) is 10.7 Å². The van der Waals surface area contributed by atoms with E-state index in [0.717, 1.165) is 0 Å². The number of guanidine groups is 1. The van der Waals surface area contributed by atoms with Gasteiger partial charge in [0.15, 0.2) is 5.96 Å². The van der Waals surface area contributed by atoms with Crippen molar-refractivity contribution in [2.45, 2.75) is 0 Å². The summed E-state index contributed by atoms with van der Waals surface area (Å²) in [6.45, 7) is 0. The maximum atomic E-state index is 11.4. The van der Waals surface area contributed by atoms with Crippen LogP contribution in [-0.2, 0) is 0 Å². The van der Waals surface area contributed by atoms with Crippen LogP contribution in [-0.4, -0.2) is 27.9 Å². The standard InChI is InChI=1S/C16H13ClN6O2/c1-19-15(18)22-16-20-12-7-6-9(17)8-11(12)14(21-16)10-4-2-3-5-13(10)23(24)25/h2-8H,1H3,(H3,18,19,20,21,22). The monoisotopic (exact) mass is 356 g/mol. The Labute approximate surface area is 147 Å². The summed E-state index contributed by atoms with van der Waals surface area (Å²) in [7, 11) is 1.52. The summed E-state index contributed by atoms with van der Waals surface area (Å²) in [5.74, 6) is 0.313. The van der Waals surface area contributed by atoms with Gasteiger partial charge in [0.05, 0.1) is 21.7 Å². The van der Waals surface area contributed by atoms with Gasteiger partial charge in [-0.1, -0.05) is 23.7 Å². The van der Waals surface area contributed by atoms with Gasteiger partial charge in [0.2, 0.25) is 5.95 Å². The number of nitrogens with one attached hydrogen (secondary N) is 1. The van der Waals surface area contributed by atoms with Crippen LogP contribution in [0.15, 0.2) is 47.5 Å². The molecule has 3 rings (SSSR count). The molecule has 1 heterocycles. The van der Waals surface area contributed by atoms with Crippen molar-refractivity contribution in [2.75, 3.05) is 12.4 Å². The number of benzene rings is 2. The molecule has 0 atom stereocenters. The lowest BCUT2D eigenvalue weighted by Gasteiger charge is -2.10. The van der Waals surface area contributed by atoms with Gasteiger partial charge >= 0.3 is 0 Å². The third-order valence-corrected chi connectivity index (χ3v) is 3.73. The Bertz CT molecular complexity index is 1010. The highest BCUT2D eigenvalue weighted by Crippen LogP contribution is 2.34. The molecule has 1 aromatic heterocycles. The molecule has 3 N–H and O–H groups in total. The number of fused-ring (bicyclic) bond motifs is 1. The zero-order valence-corrected chi connectivity index (χ0v) is 13.9. The second kappa shape index (κ2) is 6.70. The number of nitrogens with two attached hydrogens (primary N) is 1. The maximum absolute atomic E-state index is 11.4. The average Bonchev–Trinajstić information content (AvgIpc) is 2.61. The number of para-hydroxylation sites is 1. The summed E-state index contributed by atoms with van der Waals surface area (Å²) < 4.78 is 0. The van der Waals surface area contributed by atoms with Gasteiger partial charge in [-0.3, -0.25) is 20.4 Å². The fraction of sp³-hybridized carbons (Fsp3) is 0.0625. The minimum absolute atomic E-state index is 0.0643. The number of anilines is 1. The van der Waals surface area contributed by atoms with Crippen LogP contribution in [0.2, 0.25) is 5.02 Å². The quantitative estimate of drug-likeness (QED) is 0.322. The third kappa shape index (κ3) is 3.33. The number of hydrogen-bond acceptors (Lipinski definition) is 5. The van der Waals surface area contributed by atoms with E-state index in [0.29, 0.717) is 27.2 Å². The maximum Gasteiger partial charge on any atom is 0.278 e. The average molecular weight is 357 g/mol. The number of nitrogens with zero attached hydrogens (tertiary/aromatic N) is 4. The summed E-state index contributed by atoms with van der Waals surface area (Å²) >= 11 is 6.08. The molecule has 25 heavy (non-hydrogen) atoms. The number of nitro groups is 1. The third-order valence-electron chi connectivity index (χ3n) is 3.49. The molecule has 0 radical (unpaired) electrons. The van der Waals surface area contributed by atoms with Crippen molar-refractivity contribution in [1.29, 1.82) is 0 Å². The Kier molecular flexibility index (Phi) is 4.44. The predicted molar refractivity (Wildman–Crippen MR) is 97.8 cm³/mol. The first-order valence-corrected chi connectivity index (χ1v) is 7.58. The SMILES string of the molecule is CN=C(N)Nc1nc(-c2ccccc2[N+](=O)[O-])c2cc(Cl)ccc2n1. The molecule has 8 nitrogen and oxygen atoms in total. The van der Waals surface area contributed by atoms with Gasteiger partial charge in [-0.05, 0) is 24.3 Å². The lowest BCUT2D eigenvalue weighted by atomic mass is 10.0. The van der Waals surface area contributed by atoms with Gasteiger partial charge in [0, 0.05) is 23.5 Å². The van der Waals surface area contributed by atoms with E-state index < -0.39 is 4.92 Å². The molecule has 3 aromatic rings. The van der Waals surface area contributed by atoms with Crippen molar-refractivity contribution in [1.82, 2.24) is 9.97 Å². The summed E-state index contributed by atoms with van der Waals surface area (Å²) in [5, 5.41) is 15.2. The zero-order chi connectivity index (χ0) is 18.0. The Balaban J connectivity index is 2.32. The van der Waals surface area contributed by atoms with Crippen molar-refractivity contribution in [3.63, 3.8) is 0 Å². The van der Waals surface area contributed by atoms with Crippen LogP contribution < -0.4 is 11.1 Å². The van der Waals surface area contributed by atoms with Crippen molar-refractivity contribution < 1.29 is 4.92 Å². The van der Waals surface area contributed by atoms with Crippen LogP contribution in [0.25, 0.3) is 22.2 Å². The highest BCUT2D eigenvalue weighted by Gasteiger charge is 2.19. The number of halogens is 1. The summed E-state index contributed by atoms with van der Waals surface area (Å²) in [5.41, 5.74) is 6.91. The molecule has 0 amide bonds. The van der Waals surface area contributed by atoms with Crippen LogP contribution in [0.3, 0.4) is 0 Å². The molecule has 0 aliphatic carbocycles. The molecular formula is C16H13ClN6O2. The minimum Gasteiger partial charge on any atom is -0.370 e. The van der Waals surface area contributed by atoms with E-state index in [1.54, 1.807) is 36.4 Å². The molecule has 0 fully saturated rings. The topological polar surface area (TPSA) is 119 Å². The lowest BCUT2D eigenvalue weighted by molar-refractivity contribution is -0.384. The van der Waals surface area contributed by atoms with E-state index in [-0.39, 0.29) is 17.6 Å². The van der Waals surface area contributed by atoms with E-state index in [4.69, 9.17) is 17.3 Å². The van der Waals surface area contributed by atoms with Gasteiger partial charge in [0.25, 0.3) is 5.69 Å². The lowest BCUT2D eigenvalue weighted by Crippen LogP contribution is -2.23. The Morgan fingerprint density at radius 1 is 1.28 bits per heavy atom. The van der Waals surface area contributed by atoms with Gasteiger partial charge in [-0.25, -0.2) is 9.97 Å². The van der Waals surface area contributed by atoms with E-state index in [1.807, 2.05) is 0 Å². The summed E-state index contributed by atoms with van der Waals surface area (Å²) in [6, 6.07) is 11.4. The molecule has 2 aromatic carbocycles. The predicted octanol–water partition coefficient (Wildman–Crippen LogP) is 3.21. The minimum atomic E-state index is -0.456. The summed E-state index contributed by atoms with van der Waals surface area (Å²) in [6.07, 6.45) is 0. The Hall–Kier alpha value is -3.26. The zero-order valence-electron chi connectivity index (χ0n) is 13.1. The number of aromatic nitrogens is 2. The Morgan fingerprint density at radius 2 is 2.04 bits per heavy atom. The second-order valence-corrected chi connectivity index (χ2v) is 5.50. The fourth-order valence-corrected chi connectivity index (χ4v) is 2.54. The van der Waals surface area contributed by atoms with E-state index in [9.17, 15) is 10.1 Å². The highest BCUT2D eigenvalue weighted by atomic mass is 35.5. The number of hydrogen-bond donors (Lipinski definition) is 2. The fourth-order valence-electron chi connectivity index (χ4n) is 2.37. The molecular weight excluding hydrogens is 344 g/mol. The van der Waals surface area contributed by atoms with Gasteiger partial charge in [-0.2, -0.15) is 0 Å². The van der Waals surface area contributed by atoms with Crippen LogP contribution in [0.5, 0.6) is 0 Å². The first-order chi connectivity index (χ1) is 12.0. The molecule has 0 unspecified atom stereocenters. The van der Waals surface area contributed by atoms with Crippen molar-refractivity contribution >= 4 is 40.1 Å². The summed E-state index contributed by atoms with van der Waals surface area (Å²) in [4.78, 5) is 23.5. The first-order valence-electron chi connectivity index (χ1n) is 7.20. The molecule has 0 bridgehead atoms. The van der Waals surface area contributed by atoms with E-state index >= 15 is 0 Å². The van der Waals surface area contributed by atoms with E-state index in [1.165, 1.54) is 13.1 Å². The molecule has 126 valence electrons. The first kappa shape index (κ1) is 16.6. The van der Waals surface area contributed by atoms with Crippen molar-refractivity contribution in [3.8, 4) is 11.3 Å².